The second-order valence-electron chi connectivity index (χ2n) is 6.57. The van der Waals surface area contributed by atoms with Gasteiger partial charge in [0.1, 0.15) is 5.75 Å². The fourth-order valence-electron chi connectivity index (χ4n) is 2.93. The minimum atomic E-state index is -0.377. The number of hydrogen-bond acceptors (Lipinski definition) is 3. The van der Waals surface area contributed by atoms with Crippen molar-refractivity contribution in [3.05, 3.63) is 58.1 Å². The standard InChI is InChI=1S/C20H22Cl2N2O2/c1-12(20(25)24-17-5-3-4-16(21)18(17)22)23-19(13-6-7-13)14-8-10-15(26-2)11-9-14/h3-5,8-13,19,23H,6-7H2,1-2H3,(H,24,25). The summed E-state index contributed by atoms with van der Waals surface area (Å²) < 4.78 is 5.22. The van der Waals surface area contributed by atoms with Crippen molar-refractivity contribution in [1.29, 1.82) is 0 Å². The highest BCUT2D eigenvalue weighted by atomic mass is 35.5. The Morgan fingerprint density at radius 1 is 1.15 bits per heavy atom. The molecule has 2 aromatic rings. The van der Waals surface area contributed by atoms with E-state index >= 15 is 0 Å². The van der Waals surface area contributed by atoms with Gasteiger partial charge in [0, 0.05) is 6.04 Å². The quantitative estimate of drug-likeness (QED) is 0.691. The van der Waals surface area contributed by atoms with Gasteiger partial charge in [-0.3, -0.25) is 10.1 Å². The first-order valence-electron chi connectivity index (χ1n) is 8.64. The molecule has 1 fully saturated rings. The lowest BCUT2D eigenvalue weighted by atomic mass is 10.0. The molecule has 138 valence electrons. The summed E-state index contributed by atoms with van der Waals surface area (Å²) in [7, 11) is 1.65. The normalized spacial score (nSPS) is 16.0. The van der Waals surface area contributed by atoms with Crippen LogP contribution < -0.4 is 15.4 Å². The molecule has 2 aromatic carbocycles. The van der Waals surface area contributed by atoms with Crippen molar-refractivity contribution in [2.24, 2.45) is 5.92 Å². The Kier molecular flexibility index (Phi) is 6.07. The van der Waals surface area contributed by atoms with E-state index in [0.29, 0.717) is 21.7 Å². The summed E-state index contributed by atoms with van der Waals surface area (Å²) >= 11 is 12.2. The van der Waals surface area contributed by atoms with Gasteiger partial charge < -0.3 is 10.1 Å². The fraction of sp³-hybridized carbons (Fsp3) is 0.350. The van der Waals surface area contributed by atoms with E-state index in [2.05, 4.69) is 10.6 Å². The van der Waals surface area contributed by atoms with E-state index < -0.39 is 0 Å². The van der Waals surface area contributed by atoms with Crippen LogP contribution in [0.4, 0.5) is 5.69 Å². The molecule has 0 heterocycles. The van der Waals surface area contributed by atoms with Crippen molar-refractivity contribution >= 4 is 34.8 Å². The zero-order valence-electron chi connectivity index (χ0n) is 14.8. The molecule has 3 rings (SSSR count). The maximum Gasteiger partial charge on any atom is 0.241 e. The molecule has 1 aliphatic carbocycles. The van der Waals surface area contributed by atoms with E-state index in [1.165, 1.54) is 0 Å². The van der Waals surface area contributed by atoms with Gasteiger partial charge in [-0.05, 0) is 55.5 Å². The van der Waals surface area contributed by atoms with E-state index in [9.17, 15) is 4.79 Å². The van der Waals surface area contributed by atoms with E-state index in [4.69, 9.17) is 27.9 Å². The summed E-state index contributed by atoms with van der Waals surface area (Å²) in [5.74, 6) is 1.23. The lowest BCUT2D eigenvalue weighted by Gasteiger charge is -2.23. The molecule has 0 aliphatic heterocycles. The number of hydrogen-bond donors (Lipinski definition) is 2. The second kappa shape index (κ2) is 8.30. The van der Waals surface area contributed by atoms with Gasteiger partial charge in [0.15, 0.2) is 0 Å². The number of halogens is 2. The molecule has 0 saturated heterocycles. The molecule has 0 radical (unpaired) electrons. The first-order chi connectivity index (χ1) is 12.5. The molecular weight excluding hydrogens is 371 g/mol. The minimum absolute atomic E-state index is 0.136. The average molecular weight is 393 g/mol. The van der Waals surface area contributed by atoms with Crippen molar-refractivity contribution in [1.82, 2.24) is 5.32 Å². The Balaban J connectivity index is 1.68. The van der Waals surface area contributed by atoms with Gasteiger partial charge in [-0.1, -0.05) is 41.4 Å². The number of benzene rings is 2. The highest BCUT2D eigenvalue weighted by molar-refractivity contribution is 6.44. The largest absolute Gasteiger partial charge is 0.497 e. The first kappa shape index (κ1) is 19.0. The number of rotatable bonds is 7. The van der Waals surface area contributed by atoms with Crippen LogP contribution in [0.5, 0.6) is 5.75 Å². The molecule has 6 heteroatoms. The van der Waals surface area contributed by atoms with E-state index in [1.54, 1.807) is 25.3 Å². The molecule has 1 aliphatic rings. The van der Waals surface area contributed by atoms with Gasteiger partial charge >= 0.3 is 0 Å². The molecule has 0 bridgehead atoms. The van der Waals surface area contributed by atoms with Gasteiger partial charge in [0.2, 0.25) is 5.91 Å². The number of nitrogens with one attached hydrogen (secondary N) is 2. The third-order valence-electron chi connectivity index (χ3n) is 4.60. The fourth-order valence-corrected chi connectivity index (χ4v) is 3.28. The SMILES string of the molecule is COc1ccc(C(NC(C)C(=O)Nc2cccc(Cl)c2Cl)C2CC2)cc1. The molecule has 1 amide bonds. The molecule has 2 unspecified atom stereocenters. The van der Waals surface area contributed by atoms with E-state index in [0.717, 1.165) is 24.2 Å². The van der Waals surface area contributed by atoms with Crippen LogP contribution >= 0.6 is 23.2 Å². The second-order valence-corrected chi connectivity index (χ2v) is 7.35. The summed E-state index contributed by atoms with van der Waals surface area (Å²) in [6.07, 6.45) is 2.33. The Morgan fingerprint density at radius 3 is 2.46 bits per heavy atom. The molecule has 2 atom stereocenters. The van der Waals surface area contributed by atoms with Crippen LogP contribution in [0, 0.1) is 5.92 Å². The number of amides is 1. The summed E-state index contributed by atoms with van der Waals surface area (Å²) in [6.45, 7) is 1.85. The Bertz CT molecular complexity index is 776. The number of carbonyl (C=O) groups excluding carboxylic acids is 1. The van der Waals surface area contributed by atoms with Crippen LogP contribution in [0.15, 0.2) is 42.5 Å². The van der Waals surface area contributed by atoms with Gasteiger partial charge in [-0.2, -0.15) is 0 Å². The van der Waals surface area contributed by atoms with Crippen LogP contribution in [-0.4, -0.2) is 19.1 Å². The van der Waals surface area contributed by atoms with Gasteiger partial charge in [0.05, 0.1) is 28.9 Å². The monoisotopic (exact) mass is 392 g/mol. The number of anilines is 1. The van der Waals surface area contributed by atoms with Crippen molar-refractivity contribution in [2.45, 2.75) is 31.8 Å². The maximum absolute atomic E-state index is 12.6. The molecule has 26 heavy (non-hydrogen) atoms. The van der Waals surface area contributed by atoms with Gasteiger partial charge in [-0.15, -0.1) is 0 Å². The summed E-state index contributed by atoms with van der Waals surface area (Å²) in [5.41, 5.74) is 1.68. The highest BCUT2D eigenvalue weighted by Gasteiger charge is 2.34. The molecular formula is C20H22Cl2N2O2. The lowest BCUT2D eigenvalue weighted by Crippen LogP contribution is -2.41. The highest BCUT2D eigenvalue weighted by Crippen LogP contribution is 2.41. The topological polar surface area (TPSA) is 50.4 Å². The summed E-state index contributed by atoms with van der Waals surface area (Å²) in [4.78, 5) is 12.6. The molecule has 4 nitrogen and oxygen atoms in total. The zero-order valence-corrected chi connectivity index (χ0v) is 16.3. The predicted octanol–water partition coefficient (Wildman–Crippen LogP) is 5.07. The van der Waals surface area contributed by atoms with E-state index in [1.807, 2.05) is 31.2 Å². The van der Waals surface area contributed by atoms with Crippen LogP contribution in [0.25, 0.3) is 0 Å². The van der Waals surface area contributed by atoms with Crippen LogP contribution in [0.2, 0.25) is 10.0 Å². The lowest BCUT2D eigenvalue weighted by molar-refractivity contribution is -0.118. The molecule has 2 N–H and O–H groups in total. The van der Waals surface area contributed by atoms with Crippen molar-refractivity contribution in [2.75, 3.05) is 12.4 Å². The van der Waals surface area contributed by atoms with Gasteiger partial charge in [-0.25, -0.2) is 0 Å². The average Bonchev–Trinajstić information content (AvgIpc) is 3.48. The number of methoxy groups -OCH3 is 1. The third kappa shape index (κ3) is 4.50. The minimum Gasteiger partial charge on any atom is -0.497 e. The van der Waals surface area contributed by atoms with Crippen molar-refractivity contribution in [3.8, 4) is 5.75 Å². The molecule has 0 aromatic heterocycles. The van der Waals surface area contributed by atoms with Crippen LogP contribution in [0.1, 0.15) is 31.4 Å². The smallest absolute Gasteiger partial charge is 0.241 e. The van der Waals surface area contributed by atoms with E-state index in [-0.39, 0.29) is 18.0 Å². The Hall–Kier alpha value is -1.75. The number of ether oxygens (including phenoxy) is 1. The van der Waals surface area contributed by atoms with Crippen LogP contribution in [0.3, 0.4) is 0 Å². The predicted molar refractivity (Wildman–Crippen MR) is 106 cm³/mol. The molecule has 0 spiro atoms. The zero-order chi connectivity index (χ0) is 18.7. The molecule has 1 saturated carbocycles. The van der Waals surface area contributed by atoms with Crippen molar-refractivity contribution < 1.29 is 9.53 Å². The summed E-state index contributed by atoms with van der Waals surface area (Å²) in [6, 6.07) is 12.9. The van der Waals surface area contributed by atoms with Gasteiger partial charge in [0.25, 0.3) is 0 Å². The Labute approximate surface area is 163 Å². The van der Waals surface area contributed by atoms with Crippen LogP contribution in [-0.2, 0) is 4.79 Å². The Morgan fingerprint density at radius 2 is 1.85 bits per heavy atom. The van der Waals surface area contributed by atoms with Crippen molar-refractivity contribution in [3.63, 3.8) is 0 Å². The first-order valence-corrected chi connectivity index (χ1v) is 9.40. The summed E-state index contributed by atoms with van der Waals surface area (Å²) in [5, 5.41) is 7.07. The maximum atomic E-state index is 12.6. The third-order valence-corrected chi connectivity index (χ3v) is 5.42. The number of carbonyl (C=O) groups is 1.